The second kappa shape index (κ2) is 9.58. The number of esters is 1. The van der Waals surface area contributed by atoms with E-state index in [2.05, 4.69) is 9.98 Å². The minimum Gasteiger partial charge on any atom is -0.464 e. The lowest BCUT2D eigenvalue weighted by atomic mass is 10.1. The van der Waals surface area contributed by atoms with Gasteiger partial charge in [-0.2, -0.15) is 0 Å². The number of aliphatic hydroxyl groups is 2. The molecule has 0 bridgehead atoms. The second-order valence-electron chi connectivity index (χ2n) is 6.01. The fraction of sp³-hybridized carbons (Fsp3) is 0.600. The van der Waals surface area contributed by atoms with Crippen LogP contribution in [0.15, 0.2) is 26.8 Å². The average Bonchev–Trinajstić information content (AvgIpc) is 2.88. The number of hydrogen-bond acceptors (Lipinski definition) is 8. The summed E-state index contributed by atoms with van der Waals surface area (Å²) in [4.78, 5) is 40.7. The molecule has 1 aromatic heterocycles. The van der Waals surface area contributed by atoms with Crippen molar-refractivity contribution in [1.82, 2.24) is 9.55 Å². The van der Waals surface area contributed by atoms with Gasteiger partial charge in [0.05, 0.1) is 11.4 Å². The number of hydrogen-bond donors (Lipinski definition) is 5. The molecular formula is C15H23N5O6S. The molecule has 0 aliphatic carbocycles. The highest BCUT2D eigenvalue weighted by atomic mass is 32.2. The van der Waals surface area contributed by atoms with Crippen LogP contribution in [-0.4, -0.2) is 62.3 Å². The summed E-state index contributed by atoms with van der Waals surface area (Å²) in [7, 11) is 0. The standard InChI is InChI=1S/C15H23N5O6S/c16-14(17)18-5-2-1-3-10(22)26-7-8-11(23)12(24)13(27-8)20-6-4-9(21)19-15(20)25/h4,6,8,11-13,23-24H,1-3,5,7H2,(H4,16,17,18)(H,19,21,25). The van der Waals surface area contributed by atoms with E-state index in [4.69, 9.17) is 16.2 Å². The zero-order chi connectivity index (χ0) is 20.0. The summed E-state index contributed by atoms with van der Waals surface area (Å²) in [6, 6.07) is 1.15. The molecule has 1 aromatic rings. The van der Waals surface area contributed by atoms with Crippen LogP contribution >= 0.6 is 11.8 Å². The number of nitrogens with one attached hydrogen (secondary N) is 1. The number of thioether (sulfide) groups is 1. The minimum atomic E-state index is -1.25. The van der Waals surface area contributed by atoms with Crippen LogP contribution in [0.1, 0.15) is 24.6 Å². The summed E-state index contributed by atoms with van der Waals surface area (Å²) in [6.07, 6.45) is 0.173. The summed E-state index contributed by atoms with van der Waals surface area (Å²) >= 11 is 1.10. The van der Waals surface area contributed by atoms with Gasteiger partial charge in [-0.3, -0.25) is 24.1 Å². The summed E-state index contributed by atoms with van der Waals surface area (Å²) in [6.45, 7) is 0.318. The van der Waals surface area contributed by atoms with Crippen LogP contribution in [0.2, 0.25) is 0 Å². The van der Waals surface area contributed by atoms with Crippen LogP contribution in [0, 0.1) is 0 Å². The Morgan fingerprint density at radius 3 is 2.70 bits per heavy atom. The molecule has 2 rings (SSSR count). The van der Waals surface area contributed by atoms with E-state index < -0.39 is 40.1 Å². The van der Waals surface area contributed by atoms with Gasteiger partial charge in [0.25, 0.3) is 5.56 Å². The summed E-state index contributed by atoms with van der Waals surface area (Å²) in [5, 5.41) is 18.9. The molecule has 2 heterocycles. The van der Waals surface area contributed by atoms with Gasteiger partial charge >= 0.3 is 11.7 Å². The Balaban J connectivity index is 1.83. The number of ether oxygens (including phenoxy) is 1. The van der Waals surface area contributed by atoms with Crippen LogP contribution in [0.5, 0.6) is 0 Å². The molecule has 1 fully saturated rings. The number of H-pyrrole nitrogens is 1. The average molecular weight is 401 g/mol. The van der Waals surface area contributed by atoms with Crippen molar-refractivity contribution < 1.29 is 19.7 Å². The number of nitrogens with zero attached hydrogens (tertiary/aromatic N) is 2. The normalized spacial score (nSPS) is 24.5. The highest BCUT2D eigenvalue weighted by Crippen LogP contribution is 2.41. The third kappa shape index (κ3) is 5.84. The summed E-state index contributed by atoms with van der Waals surface area (Å²) in [5.74, 6) is -0.439. The molecule has 1 aliphatic rings. The molecule has 1 saturated heterocycles. The molecular weight excluding hydrogens is 378 g/mol. The van der Waals surface area contributed by atoms with E-state index in [0.29, 0.717) is 19.4 Å². The number of aromatic amines is 1. The van der Waals surface area contributed by atoms with Gasteiger partial charge in [-0.15, -0.1) is 11.8 Å². The molecule has 0 saturated carbocycles. The fourth-order valence-corrected chi connectivity index (χ4v) is 4.01. The third-order valence-corrected chi connectivity index (χ3v) is 5.50. The quantitative estimate of drug-likeness (QED) is 0.140. The van der Waals surface area contributed by atoms with Gasteiger partial charge < -0.3 is 26.4 Å². The summed E-state index contributed by atoms with van der Waals surface area (Å²) in [5.41, 5.74) is 9.15. The first-order valence-electron chi connectivity index (χ1n) is 8.33. The number of carbonyl (C=O) groups is 1. The van der Waals surface area contributed by atoms with Crippen molar-refractivity contribution in [2.24, 2.45) is 16.5 Å². The van der Waals surface area contributed by atoms with E-state index >= 15 is 0 Å². The second-order valence-corrected chi connectivity index (χ2v) is 7.37. The molecule has 0 spiro atoms. The Morgan fingerprint density at radius 2 is 2.04 bits per heavy atom. The Hall–Kier alpha value is -2.31. The first-order chi connectivity index (χ1) is 12.8. The highest BCUT2D eigenvalue weighted by molar-refractivity contribution is 8.00. The number of nitrogens with two attached hydrogens (primary N) is 2. The number of rotatable bonds is 8. The van der Waals surface area contributed by atoms with Gasteiger partial charge in [0.15, 0.2) is 5.96 Å². The zero-order valence-corrected chi connectivity index (χ0v) is 15.3. The third-order valence-electron chi connectivity index (χ3n) is 3.95. The molecule has 0 aromatic carbocycles. The predicted octanol–water partition coefficient (Wildman–Crippen LogP) is -2.14. The van der Waals surface area contributed by atoms with Crippen molar-refractivity contribution in [2.75, 3.05) is 13.2 Å². The van der Waals surface area contributed by atoms with E-state index in [1.54, 1.807) is 0 Å². The SMILES string of the molecule is NC(N)=NCCCCC(=O)OCC1SC(n2ccc(=O)[nH]c2=O)C(O)C1O. The van der Waals surface area contributed by atoms with E-state index in [9.17, 15) is 24.6 Å². The van der Waals surface area contributed by atoms with Gasteiger partial charge in [-0.05, 0) is 12.8 Å². The van der Waals surface area contributed by atoms with Crippen LogP contribution < -0.4 is 22.7 Å². The largest absolute Gasteiger partial charge is 0.464 e. The van der Waals surface area contributed by atoms with Gasteiger partial charge in [0, 0.05) is 25.2 Å². The lowest BCUT2D eigenvalue weighted by Crippen LogP contribution is -2.37. The lowest BCUT2D eigenvalue weighted by molar-refractivity contribution is -0.144. The minimum absolute atomic E-state index is 0.000433. The number of aliphatic hydroxyl groups excluding tert-OH is 2. The van der Waals surface area contributed by atoms with Crippen LogP contribution in [-0.2, 0) is 9.53 Å². The molecule has 4 unspecified atom stereocenters. The monoisotopic (exact) mass is 401 g/mol. The van der Waals surface area contributed by atoms with E-state index in [0.717, 1.165) is 22.4 Å². The van der Waals surface area contributed by atoms with Crippen molar-refractivity contribution >= 4 is 23.7 Å². The molecule has 0 amide bonds. The van der Waals surface area contributed by atoms with E-state index in [1.807, 2.05) is 0 Å². The van der Waals surface area contributed by atoms with Crippen molar-refractivity contribution in [3.63, 3.8) is 0 Å². The topological polar surface area (TPSA) is 186 Å². The van der Waals surface area contributed by atoms with Gasteiger partial charge in [-0.25, -0.2) is 4.79 Å². The molecule has 0 radical (unpaired) electrons. The fourth-order valence-electron chi connectivity index (χ4n) is 2.56. The Morgan fingerprint density at radius 1 is 1.30 bits per heavy atom. The maximum atomic E-state index is 11.9. The Bertz CT molecular complexity index is 789. The number of aromatic nitrogens is 2. The maximum Gasteiger partial charge on any atom is 0.329 e. The molecule has 1 aliphatic heterocycles. The van der Waals surface area contributed by atoms with E-state index in [1.165, 1.54) is 6.20 Å². The smallest absolute Gasteiger partial charge is 0.329 e. The number of guanidine groups is 1. The van der Waals surface area contributed by atoms with Crippen molar-refractivity contribution in [2.45, 2.75) is 42.1 Å². The molecule has 27 heavy (non-hydrogen) atoms. The lowest BCUT2D eigenvalue weighted by Gasteiger charge is -2.17. The van der Waals surface area contributed by atoms with Crippen LogP contribution in [0.25, 0.3) is 0 Å². The Kier molecular flexibility index (Phi) is 7.45. The van der Waals surface area contributed by atoms with Crippen LogP contribution in [0.4, 0.5) is 0 Å². The molecule has 12 heteroatoms. The molecule has 150 valence electrons. The van der Waals surface area contributed by atoms with Gasteiger partial charge in [0.1, 0.15) is 18.1 Å². The first kappa shape index (κ1) is 21.0. The first-order valence-corrected chi connectivity index (χ1v) is 9.28. The molecule has 11 nitrogen and oxygen atoms in total. The van der Waals surface area contributed by atoms with Crippen LogP contribution in [0.3, 0.4) is 0 Å². The number of aliphatic imine (C=N–C) groups is 1. The number of unbranched alkanes of at least 4 members (excludes halogenated alkanes) is 1. The number of carbonyl (C=O) groups excluding carboxylic acids is 1. The maximum absolute atomic E-state index is 11.9. The van der Waals surface area contributed by atoms with Crippen molar-refractivity contribution in [3.8, 4) is 0 Å². The van der Waals surface area contributed by atoms with Crippen molar-refractivity contribution in [1.29, 1.82) is 0 Å². The molecule has 7 N–H and O–H groups in total. The van der Waals surface area contributed by atoms with Crippen molar-refractivity contribution in [3.05, 3.63) is 33.1 Å². The summed E-state index contributed by atoms with van der Waals surface area (Å²) < 4.78 is 6.28. The Labute approximate surface area is 158 Å². The van der Waals surface area contributed by atoms with E-state index in [-0.39, 0.29) is 19.0 Å². The van der Waals surface area contributed by atoms with Gasteiger partial charge in [0.2, 0.25) is 0 Å². The predicted molar refractivity (Wildman–Crippen MR) is 99.2 cm³/mol. The molecule has 4 atom stereocenters. The zero-order valence-electron chi connectivity index (χ0n) is 14.5. The highest BCUT2D eigenvalue weighted by Gasteiger charge is 2.44. The van der Waals surface area contributed by atoms with Gasteiger partial charge in [-0.1, -0.05) is 0 Å².